The molecule has 4 nitrogen and oxygen atoms in total. The maximum Gasteiger partial charge on any atom is 0.211 e. The molecule has 1 aromatic heterocycles. The van der Waals surface area contributed by atoms with Gasteiger partial charge in [0.05, 0.1) is 6.21 Å². The minimum atomic E-state index is 0.694. The highest BCUT2D eigenvalue weighted by molar-refractivity contribution is 7.98. The predicted molar refractivity (Wildman–Crippen MR) is 71.0 cm³/mol. The second-order valence-corrected chi connectivity index (χ2v) is 4.56. The molecule has 0 amide bonds. The average molecular weight is 267 g/mol. The molecule has 0 saturated heterocycles. The van der Waals surface area contributed by atoms with Crippen molar-refractivity contribution >= 4 is 29.6 Å². The summed E-state index contributed by atoms with van der Waals surface area (Å²) in [5, 5.41) is 13.8. The Labute approximate surface area is 109 Å². The predicted octanol–water partition coefficient (Wildman–Crippen LogP) is 2.84. The molecule has 0 aliphatic rings. The Balaban J connectivity index is 2.28. The van der Waals surface area contributed by atoms with E-state index in [9.17, 15) is 0 Å². The van der Waals surface area contributed by atoms with Gasteiger partial charge in [-0.2, -0.15) is 9.78 Å². The van der Waals surface area contributed by atoms with E-state index < -0.39 is 0 Å². The number of rotatable bonds is 3. The van der Waals surface area contributed by atoms with E-state index in [-0.39, 0.29) is 0 Å². The number of nitrogens with zero attached hydrogens (tertiary/aromatic N) is 4. The number of hydrogen-bond acceptors (Lipinski definition) is 4. The summed E-state index contributed by atoms with van der Waals surface area (Å²) in [5.74, 6) is 0.757. The first kappa shape index (κ1) is 12.1. The summed E-state index contributed by atoms with van der Waals surface area (Å²) in [6, 6.07) is 7.51. The zero-order valence-electron chi connectivity index (χ0n) is 9.46. The largest absolute Gasteiger partial charge is 0.211 e. The van der Waals surface area contributed by atoms with Gasteiger partial charge >= 0.3 is 0 Å². The maximum atomic E-state index is 5.90. The zero-order valence-corrected chi connectivity index (χ0v) is 11.0. The summed E-state index contributed by atoms with van der Waals surface area (Å²) in [7, 11) is 0. The maximum absolute atomic E-state index is 5.90. The molecule has 0 fully saturated rings. The van der Waals surface area contributed by atoms with Crippen LogP contribution in [0.1, 0.15) is 11.4 Å². The van der Waals surface area contributed by atoms with Crippen molar-refractivity contribution in [3.8, 4) is 0 Å². The van der Waals surface area contributed by atoms with Gasteiger partial charge in [-0.3, -0.25) is 0 Å². The van der Waals surface area contributed by atoms with Gasteiger partial charge in [0, 0.05) is 5.02 Å². The van der Waals surface area contributed by atoms with Crippen molar-refractivity contribution in [2.75, 3.05) is 6.26 Å². The Morgan fingerprint density at radius 1 is 1.41 bits per heavy atom. The molecule has 88 valence electrons. The smallest absolute Gasteiger partial charge is 0.192 e. The van der Waals surface area contributed by atoms with E-state index >= 15 is 0 Å². The van der Waals surface area contributed by atoms with Gasteiger partial charge in [0.1, 0.15) is 0 Å². The summed E-state index contributed by atoms with van der Waals surface area (Å²) < 4.78 is 1.70. The van der Waals surface area contributed by atoms with Crippen molar-refractivity contribution in [2.45, 2.75) is 12.1 Å². The van der Waals surface area contributed by atoms with E-state index in [4.69, 9.17) is 11.6 Å². The van der Waals surface area contributed by atoms with Gasteiger partial charge in [0.2, 0.25) is 5.16 Å². The number of halogens is 1. The lowest BCUT2D eigenvalue weighted by atomic mass is 10.2. The van der Waals surface area contributed by atoms with Crippen LogP contribution in [0, 0.1) is 6.92 Å². The van der Waals surface area contributed by atoms with Crippen LogP contribution >= 0.6 is 23.4 Å². The monoisotopic (exact) mass is 266 g/mol. The molecule has 0 unspecified atom stereocenters. The van der Waals surface area contributed by atoms with Crippen molar-refractivity contribution in [3.63, 3.8) is 0 Å². The minimum absolute atomic E-state index is 0.694. The van der Waals surface area contributed by atoms with Crippen LogP contribution in [0.15, 0.2) is 34.5 Å². The number of aromatic nitrogens is 3. The Kier molecular flexibility index (Phi) is 3.81. The summed E-state index contributed by atoms with van der Waals surface area (Å²) in [5.41, 5.74) is 0.942. The molecule has 2 aromatic rings. The Morgan fingerprint density at radius 3 is 2.94 bits per heavy atom. The van der Waals surface area contributed by atoms with Crippen LogP contribution in [0.2, 0.25) is 5.02 Å². The van der Waals surface area contributed by atoms with E-state index in [1.807, 2.05) is 37.4 Å². The molecule has 0 radical (unpaired) electrons. The van der Waals surface area contributed by atoms with Crippen molar-refractivity contribution in [1.82, 2.24) is 14.9 Å². The number of thioether (sulfide) groups is 1. The summed E-state index contributed by atoms with van der Waals surface area (Å²) in [6.07, 6.45) is 3.68. The van der Waals surface area contributed by atoms with Crippen LogP contribution in [0.5, 0.6) is 0 Å². The van der Waals surface area contributed by atoms with Gasteiger partial charge in [-0.15, -0.1) is 10.2 Å². The third-order valence-electron chi connectivity index (χ3n) is 2.12. The van der Waals surface area contributed by atoms with Gasteiger partial charge in [0.25, 0.3) is 0 Å². The fraction of sp³-hybridized carbons (Fsp3) is 0.182. The molecule has 0 N–H and O–H groups in total. The number of benzene rings is 1. The molecule has 0 saturated carbocycles. The topological polar surface area (TPSA) is 43.1 Å². The Bertz CT molecular complexity index is 550. The lowest BCUT2D eigenvalue weighted by Crippen LogP contribution is -1.95. The van der Waals surface area contributed by atoms with E-state index in [1.54, 1.807) is 10.9 Å². The van der Waals surface area contributed by atoms with Crippen molar-refractivity contribution in [2.24, 2.45) is 5.10 Å². The lowest BCUT2D eigenvalue weighted by Gasteiger charge is -1.98. The molecule has 0 aliphatic heterocycles. The molecule has 0 atom stereocenters. The molecule has 0 bridgehead atoms. The van der Waals surface area contributed by atoms with Gasteiger partial charge in [-0.05, 0) is 30.9 Å². The fourth-order valence-electron chi connectivity index (χ4n) is 1.31. The fourth-order valence-corrected chi connectivity index (χ4v) is 1.98. The highest BCUT2D eigenvalue weighted by atomic mass is 35.5. The molecule has 1 aromatic carbocycles. The molecule has 2 rings (SSSR count). The molecule has 0 spiro atoms. The highest BCUT2D eigenvalue weighted by Crippen LogP contribution is 2.13. The van der Waals surface area contributed by atoms with Gasteiger partial charge in [0.15, 0.2) is 5.82 Å². The summed E-state index contributed by atoms with van der Waals surface area (Å²) >= 11 is 7.40. The van der Waals surface area contributed by atoms with Crippen LogP contribution in [0.3, 0.4) is 0 Å². The van der Waals surface area contributed by atoms with E-state index in [0.717, 1.165) is 16.5 Å². The first-order chi connectivity index (χ1) is 8.20. The second-order valence-electron chi connectivity index (χ2n) is 3.35. The van der Waals surface area contributed by atoms with Crippen LogP contribution in [-0.2, 0) is 0 Å². The van der Waals surface area contributed by atoms with Crippen molar-refractivity contribution < 1.29 is 0 Å². The summed E-state index contributed by atoms with van der Waals surface area (Å²) in [6.45, 7) is 1.86. The van der Waals surface area contributed by atoms with Gasteiger partial charge < -0.3 is 0 Å². The standard InChI is InChI=1S/C11H11ClN4S/c1-8-14-15-11(17-2)16(8)13-7-9-4-3-5-10(12)6-9/h3-7H,1-2H3/b13-7-. The van der Waals surface area contributed by atoms with Crippen molar-refractivity contribution in [3.05, 3.63) is 40.7 Å². The molecule has 6 heteroatoms. The first-order valence-electron chi connectivity index (χ1n) is 4.96. The Morgan fingerprint density at radius 2 is 2.24 bits per heavy atom. The van der Waals surface area contributed by atoms with Gasteiger partial charge in [-0.1, -0.05) is 35.5 Å². The Hall–Kier alpha value is -1.33. The van der Waals surface area contributed by atoms with Crippen molar-refractivity contribution in [1.29, 1.82) is 0 Å². The van der Waals surface area contributed by atoms with E-state index in [0.29, 0.717) is 5.02 Å². The van der Waals surface area contributed by atoms with Gasteiger partial charge in [-0.25, -0.2) is 0 Å². The quantitative estimate of drug-likeness (QED) is 0.634. The third kappa shape index (κ3) is 2.87. The van der Waals surface area contributed by atoms with Crippen LogP contribution in [0.4, 0.5) is 0 Å². The highest BCUT2D eigenvalue weighted by Gasteiger charge is 2.05. The number of hydrogen-bond donors (Lipinski definition) is 0. The molecule has 17 heavy (non-hydrogen) atoms. The van der Waals surface area contributed by atoms with Crippen LogP contribution < -0.4 is 0 Å². The number of aryl methyl sites for hydroxylation is 1. The summed E-state index contributed by atoms with van der Waals surface area (Å²) in [4.78, 5) is 0. The lowest BCUT2D eigenvalue weighted by molar-refractivity contribution is 0.745. The second kappa shape index (κ2) is 5.33. The average Bonchev–Trinajstić information content (AvgIpc) is 2.67. The molecule has 0 aliphatic carbocycles. The molecular formula is C11H11ClN4S. The minimum Gasteiger partial charge on any atom is -0.192 e. The van der Waals surface area contributed by atoms with Crippen LogP contribution in [0.25, 0.3) is 0 Å². The van der Waals surface area contributed by atoms with E-state index in [1.165, 1.54) is 11.8 Å². The third-order valence-corrected chi connectivity index (χ3v) is 2.98. The van der Waals surface area contributed by atoms with E-state index in [2.05, 4.69) is 15.3 Å². The molecule has 1 heterocycles. The zero-order chi connectivity index (χ0) is 12.3. The molecular weight excluding hydrogens is 256 g/mol. The van der Waals surface area contributed by atoms with Crippen LogP contribution in [-0.4, -0.2) is 27.3 Å². The SMILES string of the molecule is CSc1nnc(C)n1/N=C\c1cccc(Cl)c1. The normalized spacial score (nSPS) is 11.2. The first-order valence-corrected chi connectivity index (χ1v) is 6.57.